The molecule has 1 aliphatic carbocycles. The number of aryl methyl sites for hydroxylation is 1. The third-order valence-electron chi connectivity index (χ3n) is 3.09. The van der Waals surface area contributed by atoms with Crippen LogP contribution in [0.25, 0.3) is 0 Å². The zero-order valence-corrected chi connectivity index (χ0v) is 8.97. The van der Waals surface area contributed by atoms with Gasteiger partial charge in [0.05, 0.1) is 12.8 Å². The molecule has 0 bridgehead atoms. The Morgan fingerprint density at radius 1 is 1.29 bits per heavy atom. The third kappa shape index (κ3) is 1.76. The van der Waals surface area contributed by atoms with Crippen molar-refractivity contribution in [2.45, 2.75) is 44.9 Å². The second-order valence-electron chi connectivity index (χ2n) is 4.09. The second kappa shape index (κ2) is 4.03. The minimum Gasteiger partial charge on any atom is -0.468 e. The molecule has 1 aromatic heterocycles. The molecule has 0 spiro atoms. The molecule has 78 valence electrons. The number of ether oxygens (including phenoxy) is 1. The van der Waals surface area contributed by atoms with Crippen molar-refractivity contribution in [1.29, 1.82) is 0 Å². The van der Waals surface area contributed by atoms with Crippen LogP contribution in [0.15, 0.2) is 0 Å². The minimum absolute atomic E-state index is 0.656. The number of aromatic amines is 1. The lowest BCUT2D eigenvalue weighted by Gasteiger charge is -2.20. The Balaban J connectivity index is 2.17. The second-order valence-corrected chi connectivity index (χ2v) is 4.09. The number of rotatable bonds is 2. The number of nitrogens with zero attached hydrogens (tertiary/aromatic N) is 1. The highest BCUT2D eigenvalue weighted by Gasteiger charge is 2.20. The van der Waals surface area contributed by atoms with Gasteiger partial charge in [0, 0.05) is 11.6 Å². The summed E-state index contributed by atoms with van der Waals surface area (Å²) in [6.45, 7) is 2.08. The summed E-state index contributed by atoms with van der Waals surface area (Å²) in [5, 5.41) is 0. The first-order chi connectivity index (χ1) is 6.81. The molecule has 0 aromatic carbocycles. The van der Waals surface area contributed by atoms with E-state index in [4.69, 9.17) is 4.74 Å². The fraction of sp³-hybridized carbons (Fsp3) is 0.727. The van der Waals surface area contributed by atoms with Crippen molar-refractivity contribution in [1.82, 2.24) is 9.97 Å². The van der Waals surface area contributed by atoms with E-state index in [-0.39, 0.29) is 0 Å². The molecule has 0 aliphatic heterocycles. The summed E-state index contributed by atoms with van der Waals surface area (Å²) in [6.07, 6.45) is 6.65. The number of nitrogens with one attached hydrogen (secondary N) is 1. The minimum atomic E-state index is 0.656. The summed E-state index contributed by atoms with van der Waals surface area (Å²) in [6, 6.07) is 0.656. The van der Waals surface area contributed by atoms with Crippen molar-refractivity contribution in [2.24, 2.45) is 0 Å². The molecule has 0 amide bonds. The van der Waals surface area contributed by atoms with E-state index in [1.165, 1.54) is 43.5 Å². The maximum atomic E-state index is 5.10. The number of aromatic nitrogens is 2. The summed E-state index contributed by atoms with van der Waals surface area (Å²) in [7, 11) is 1.66. The Hall–Kier alpha value is -0.990. The van der Waals surface area contributed by atoms with Crippen LogP contribution >= 0.6 is 0 Å². The number of methoxy groups -OCH3 is 1. The topological polar surface area (TPSA) is 37.9 Å². The number of hydrogen-bond donors (Lipinski definition) is 1. The highest BCUT2D eigenvalue weighted by atomic mass is 16.5. The molecule has 1 saturated carbocycles. The quantitative estimate of drug-likeness (QED) is 0.786. The zero-order chi connectivity index (χ0) is 9.97. The average molecular weight is 194 g/mol. The number of imidazole rings is 1. The molecular weight excluding hydrogens is 176 g/mol. The van der Waals surface area contributed by atoms with Crippen molar-refractivity contribution >= 4 is 0 Å². The fourth-order valence-electron chi connectivity index (χ4n) is 2.32. The van der Waals surface area contributed by atoms with Crippen molar-refractivity contribution in [3.8, 4) is 6.01 Å². The molecule has 1 aliphatic rings. The molecule has 3 nitrogen and oxygen atoms in total. The predicted molar refractivity (Wildman–Crippen MR) is 55.7 cm³/mol. The monoisotopic (exact) mass is 194 g/mol. The van der Waals surface area contributed by atoms with Gasteiger partial charge in [0.15, 0.2) is 0 Å². The van der Waals surface area contributed by atoms with Crippen LogP contribution in [0.2, 0.25) is 0 Å². The average Bonchev–Trinajstić information content (AvgIpc) is 2.61. The Morgan fingerprint density at radius 3 is 2.57 bits per heavy atom. The van der Waals surface area contributed by atoms with E-state index in [1.54, 1.807) is 7.11 Å². The predicted octanol–water partition coefficient (Wildman–Crippen LogP) is 2.77. The molecule has 1 fully saturated rings. The fourth-order valence-corrected chi connectivity index (χ4v) is 2.32. The van der Waals surface area contributed by atoms with E-state index in [9.17, 15) is 0 Å². The SMILES string of the molecule is COc1nc(C2CCCCC2)c(C)[nH]1. The molecule has 3 heteroatoms. The Kier molecular flexibility index (Phi) is 2.75. The van der Waals surface area contributed by atoms with Crippen LogP contribution in [0.4, 0.5) is 0 Å². The summed E-state index contributed by atoms with van der Waals surface area (Å²) in [5.41, 5.74) is 2.40. The summed E-state index contributed by atoms with van der Waals surface area (Å²) >= 11 is 0. The van der Waals surface area contributed by atoms with Crippen LogP contribution in [-0.2, 0) is 0 Å². The van der Waals surface area contributed by atoms with Crippen LogP contribution in [0.5, 0.6) is 6.01 Å². The summed E-state index contributed by atoms with van der Waals surface area (Å²) in [4.78, 5) is 7.63. The van der Waals surface area contributed by atoms with Gasteiger partial charge in [-0.3, -0.25) is 0 Å². The van der Waals surface area contributed by atoms with Gasteiger partial charge in [-0.25, -0.2) is 0 Å². The van der Waals surface area contributed by atoms with Crippen LogP contribution in [0.1, 0.15) is 49.4 Å². The van der Waals surface area contributed by atoms with Gasteiger partial charge in [-0.1, -0.05) is 19.3 Å². The highest BCUT2D eigenvalue weighted by molar-refractivity contribution is 5.20. The molecule has 0 radical (unpaired) electrons. The Morgan fingerprint density at radius 2 is 2.00 bits per heavy atom. The van der Waals surface area contributed by atoms with E-state index in [2.05, 4.69) is 16.9 Å². The lowest BCUT2D eigenvalue weighted by molar-refractivity contribution is 0.380. The maximum Gasteiger partial charge on any atom is 0.293 e. The molecule has 2 rings (SSSR count). The van der Waals surface area contributed by atoms with Crippen LogP contribution < -0.4 is 4.74 Å². The Labute approximate surface area is 84.9 Å². The van der Waals surface area contributed by atoms with Crippen LogP contribution in [0, 0.1) is 6.92 Å². The normalized spacial score (nSPS) is 18.4. The standard InChI is InChI=1S/C11H18N2O/c1-8-10(13-11(12-8)14-2)9-6-4-3-5-7-9/h9H,3-7H2,1-2H3,(H,12,13). The summed E-state index contributed by atoms with van der Waals surface area (Å²) < 4.78 is 5.10. The molecule has 14 heavy (non-hydrogen) atoms. The van der Waals surface area contributed by atoms with Crippen molar-refractivity contribution in [3.63, 3.8) is 0 Å². The van der Waals surface area contributed by atoms with Crippen LogP contribution in [0.3, 0.4) is 0 Å². The molecule has 1 N–H and O–H groups in total. The van der Waals surface area contributed by atoms with E-state index < -0.39 is 0 Å². The first-order valence-corrected chi connectivity index (χ1v) is 5.41. The van der Waals surface area contributed by atoms with Crippen molar-refractivity contribution in [3.05, 3.63) is 11.4 Å². The largest absolute Gasteiger partial charge is 0.468 e. The van der Waals surface area contributed by atoms with Crippen molar-refractivity contribution < 1.29 is 4.74 Å². The molecule has 1 heterocycles. The van der Waals surface area contributed by atoms with Gasteiger partial charge in [-0.05, 0) is 19.8 Å². The zero-order valence-electron chi connectivity index (χ0n) is 8.97. The van der Waals surface area contributed by atoms with Gasteiger partial charge in [-0.15, -0.1) is 0 Å². The lowest BCUT2D eigenvalue weighted by Crippen LogP contribution is -2.06. The van der Waals surface area contributed by atoms with E-state index in [1.807, 2.05) is 0 Å². The van der Waals surface area contributed by atoms with E-state index in [0.717, 1.165) is 0 Å². The lowest BCUT2D eigenvalue weighted by atomic mass is 9.86. The van der Waals surface area contributed by atoms with E-state index >= 15 is 0 Å². The van der Waals surface area contributed by atoms with Gasteiger partial charge in [-0.2, -0.15) is 4.98 Å². The molecule has 0 atom stereocenters. The smallest absolute Gasteiger partial charge is 0.293 e. The molecule has 0 saturated heterocycles. The first kappa shape index (κ1) is 9.56. The van der Waals surface area contributed by atoms with E-state index in [0.29, 0.717) is 11.9 Å². The highest BCUT2D eigenvalue weighted by Crippen LogP contribution is 2.33. The van der Waals surface area contributed by atoms with Gasteiger partial charge >= 0.3 is 0 Å². The molecule has 1 aromatic rings. The molecular formula is C11H18N2O. The number of H-pyrrole nitrogens is 1. The van der Waals surface area contributed by atoms with Gasteiger partial charge < -0.3 is 9.72 Å². The van der Waals surface area contributed by atoms with Gasteiger partial charge in [0.2, 0.25) is 0 Å². The first-order valence-electron chi connectivity index (χ1n) is 5.41. The number of hydrogen-bond acceptors (Lipinski definition) is 2. The summed E-state index contributed by atoms with van der Waals surface area (Å²) in [5.74, 6) is 0.656. The van der Waals surface area contributed by atoms with Crippen LogP contribution in [-0.4, -0.2) is 17.1 Å². The molecule has 0 unspecified atom stereocenters. The maximum absolute atomic E-state index is 5.10. The van der Waals surface area contributed by atoms with Gasteiger partial charge in [0.25, 0.3) is 6.01 Å². The third-order valence-corrected chi connectivity index (χ3v) is 3.09. The Bertz CT molecular complexity index is 300. The van der Waals surface area contributed by atoms with Crippen molar-refractivity contribution in [2.75, 3.05) is 7.11 Å². The van der Waals surface area contributed by atoms with Gasteiger partial charge in [0.1, 0.15) is 0 Å².